The summed E-state index contributed by atoms with van der Waals surface area (Å²) in [6.07, 6.45) is 0.577. The second-order valence-corrected chi connectivity index (χ2v) is 8.48. The van der Waals surface area contributed by atoms with Gasteiger partial charge in [0.25, 0.3) is 5.91 Å². The molecule has 3 aromatic carbocycles. The first-order valence-corrected chi connectivity index (χ1v) is 11.3. The van der Waals surface area contributed by atoms with Crippen molar-refractivity contribution in [2.24, 2.45) is 4.99 Å². The lowest BCUT2D eigenvalue weighted by Crippen LogP contribution is -2.53. The smallest absolute Gasteiger partial charge is 0.259 e. The number of aliphatic imine (C=N–C) groups is 1. The molecule has 1 fully saturated rings. The molecule has 0 bridgehead atoms. The molecule has 2 aliphatic heterocycles. The van der Waals surface area contributed by atoms with E-state index in [-0.39, 0.29) is 5.91 Å². The minimum Gasteiger partial charge on any atom is -0.368 e. The Balaban J connectivity index is 1.41. The molecule has 0 N–H and O–H groups in total. The Morgan fingerprint density at radius 2 is 1.38 bits per heavy atom. The molecule has 0 saturated carbocycles. The quantitative estimate of drug-likeness (QED) is 0.595. The maximum Gasteiger partial charge on any atom is 0.259 e. The summed E-state index contributed by atoms with van der Waals surface area (Å²) in [6, 6.07) is 27.5. The van der Waals surface area contributed by atoms with Crippen LogP contribution in [0, 0.1) is 0 Å². The average molecular weight is 445 g/mol. The Hall–Kier alpha value is -3.31. The highest BCUT2D eigenvalue weighted by Crippen LogP contribution is 2.31. The van der Waals surface area contributed by atoms with Gasteiger partial charge in [0.2, 0.25) is 5.96 Å². The number of amides is 1. The van der Waals surface area contributed by atoms with Crippen molar-refractivity contribution in [3.63, 3.8) is 0 Å². The summed E-state index contributed by atoms with van der Waals surface area (Å²) in [5.41, 5.74) is 3.02. The van der Waals surface area contributed by atoms with Crippen molar-refractivity contribution in [3.8, 4) is 0 Å². The van der Waals surface area contributed by atoms with Crippen LogP contribution in [0.25, 0.3) is 0 Å². The molecule has 0 unspecified atom stereocenters. The van der Waals surface area contributed by atoms with Crippen LogP contribution in [0.5, 0.6) is 0 Å². The van der Waals surface area contributed by atoms with Gasteiger partial charge < -0.3 is 9.80 Å². The van der Waals surface area contributed by atoms with E-state index in [1.807, 2.05) is 60.7 Å². The molecule has 5 nitrogen and oxygen atoms in total. The molecule has 32 heavy (non-hydrogen) atoms. The Bertz CT molecular complexity index is 1110. The summed E-state index contributed by atoms with van der Waals surface area (Å²) in [5, 5.41) is 0.553. The number of carbonyl (C=O) groups is 1. The van der Waals surface area contributed by atoms with Crippen molar-refractivity contribution in [1.82, 2.24) is 4.90 Å². The van der Waals surface area contributed by atoms with Crippen molar-refractivity contribution in [3.05, 3.63) is 95.5 Å². The van der Waals surface area contributed by atoms with E-state index in [9.17, 15) is 4.79 Å². The van der Waals surface area contributed by atoms with Crippen LogP contribution >= 0.6 is 11.6 Å². The van der Waals surface area contributed by atoms with Gasteiger partial charge in [0.1, 0.15) is 6.04 Å². The van der Waals surface area contributed by atoms with Crippen LogP contribution < -0.4 is 9.80 Å². The van der Waals surface area contributed by atoms with E-state index in [4.69, 9.17) is 16.6 Å². The number of guanidine groups is 1. The van der Waals surface area contributed by atoms with Gasteiger partial charge in [-0.3, -0.25) is 4.79 Å². The second-order valence-electron chi connectivity index (χ2n) is 8.07. The van der Waals surface area contributed by atoms with Crippen molar-refractivity contribution in [2.45, 2.75) is 12.5 Å². The lowest BCUT2D eigenvalue weighted by atomic mass is 10.1. The maximum atomic E-state index is 13.5. The maximum absolute atomic E-state index is 13.5. The molecule has 0 radical (unpaired) electrons. The fourth-order valence-corrected chi connectivity index (χ4v) is 4.58. The second kappa shape index (κ2) is 9.05. The topological polar surface area (TPSA) is 39.2 Å². The van der Waals surface area contributed by atoms with Gasteiger partial charge in [-0.25, -0.2) is 9.89 Å². The predicted octanol–water partition coefficient (Wildman–Crippen LogP) is 4.48. The van der Waals surface area contributed by atoms with Gasteiger partial charge in [0.15, 0.2) is 0 Å². The molecule has 3 aromatic rings. The molecular formula is C26H25ClN4O. The van der Waals surface area contributed by atoms with Crippen LogP contribution in [-0.4, -0.2) is 49.0 Å². The fourth-order valence-electron chi connectivity index (χ4n) is 4.36. The highest BCUT2D eigenvalue weighted by atomic mass is 35.5. The highest BCUT2D eigenvalue weighted by Gasteiger charge is 2.39. The van der Waals surface area contributed by atoms with Gasteiger partial charge in [-0.1, -0.05) is 72.3 Å². The summed E-state index contributed by atoms with van der Waals surface area (Å²) in [7, 11) is 0. The zero-order valence-corrected chi connectivity index (χ0v) is 18.5. The molecule has 1 amide bonds. The fraction of sp³-hybridized carbons (Fsp3) is 0.231. The molecular weight excluding hydrogens is 420 g/mol. The summed E-state index contributed by atoms with van der Waals surface area (Å²) < 4.78 is 0. The number of piperazine rings is 1. The van der Waals surface area contributed by atoms with Crippen LogP contribution in [0.15, 0.2) is 89.9 Å². The summed E-state index contributed by atoms with van der Waals surface area (Å²) in [4.78, 5) is 24.7. The molecule has 162 valence electrons. The Morgan fingerprint density at radius 1 is 0.781 bits per heavy atom. The Morgan fingerprint density at radius 3 is 2.06 bits per heavy atom. The minimum absolute atomic E-state index is 0.0255. The number of para-hydroxylation sites is 2. The highest BCUT2D eigenvalue weighted by molar-refractivity contribution is 6.36. The average Bonchev–Trinajstić information content (AvgIpc) is 3.16. The third-order valence-corrected chi connectivity index (χ3v) is 6.35. The van der Waals surface area contributed by atoms with Crippen molar-refractivity contribution in [2.75, 3.05) is 36.0 Å². The first kappa shape index (κ1) is 20.6. The normalized spacial score (nSPS) is 18.8. The van der Waals surface area contributed by atoms with E-state index in [1.165, 1.54) is 5.69 Å². The van der Waals surface area contributed by atoms with Gasteiger partial charge in [-0.05, 0) is 29.8 Å². The number of hydrogen-bond donors (Lipinski definition) is 0. The molecule has 5 rings (SSSR count). The third-order valence-electron chi connectivity index (χ3n) is 6.03. The predicted molar refractivity (Wildman–Crippen MR) is 131 cm³/mol. The van der Waals surface area contributed by atoms with Crippen molar-refractivity contribution in [1.29, 1.82) is 0 Å². The number of halogens is 1. The number of nitrogens with zero attached hydrogens (tertiary/aromatic N) is 4. The monoisotopic (exact) mass is 444 g/mol. The number of rotatable bonds is 4. The summed E-state index contributed by atoms with van der Waals surface area (Å²) >= 11 is 6.51. The molecule has 0 aromatic heterocycles. The first-order chi connectivity index (χ1) is 15.7. The lowest BCUT2D eigenvalue weighted by molar-refractivity contribution is -0.118. The van der Waals surface area contributed by atoms with Crippen LogP contribution in [0.2, 0.25) is 5.02 Å². The Kier molecular flexibility index (Phi) is 5.82. The van der Waals surface area contributed by atoms with E-state index in [2.05, 4.69) is 34.1 Å². The van der Waals surface area contributed by atoms with Crippen molar-refractivity contribution < 1.29 is 4.79 Å². The van der Waals surface area contributed by atoms with Crippen molar-refractivity contribution >= 4 is 34.8 Å². The van der Waals surface area contributed by atoms with Crippen LogP contribution in [0.3, 0.4) is 0 Å². The van der Waals surface area contributed by atoms with Gasteiger partial charge in [-0.2, -0.15) is 0 Å². The molecule has 0 spiro atoms. The molecule has 1 atom stereocenters. The van der Waals surface area contributed by atoms with Gasteiger partial charge >= 0.3 is 0 Å². The number of anilines is 2. The SMILES string of the molecule is O=C1[C@H](Cc2ccccc2)N=C(N2CCN(c3ccccc3)CC2)N1c1ccccc1Cl. The van der Waals surface area contributed by atoms with E-state index < -0.39 is 6.04 Å². The zero-order valence-electron chi connectivity index (χ0n) is 17.8. The van der Waals surface area contributed by atoms with Crippen LogP contribution in [0.1, 0.15) is 5.56 Å². The van der Waals surface area contributed by atoms with Crippen LogP contribution in [-0.2, 0) is 11.2 Å². The zero-order chi connectivity index (χ0) is 21.9. The van der Waals surface area contributed by atoms with E-state index in [1.54, 1.807) is 4.90 Å². The van der Waals surface area contributed by atoms with E-state index in [0.29, 0.717) is 23.1 Å². The first-order valence-electron chi connectivity index (χ1n) is 11.0. The standard InChI is InChI=1S/C26H25ClN4O/c27-22-13-7-8-14-24(22)31-25(32)23(19-20-9-3-1-4-10-20)28-26(31)30-17-15-29(16-18-30)21-11-5-2-6-12-21/h1-14,23H,15-19H2/t23-/m0/s1. The molecule has 6 heteroatoms. The summed E-state index contributed by atoms with van der Waals surface area (Å²) in [5.74, 6) is 0.680. The molecule has 1 saturated heterocycles. The molecule has 0 aliphatic carbocycles. The van der Waals surface area contributed by atoms with E-state index >= 15 is 0 Å². The Labute approximate surface area is 193 Å². The van der Waals surface area contributed by atoms with Crippen LogP contribution in [0.4, 0.5) is 11.4 Å². The lowest BCUT2D eigenvalue weighted by Gasteiger charge is -2.38. The summed E-state index contributed by atoms with van der Waals surface area (Å²) in [6.45, 7) is 3.33. The van der Waals surface area contributed by atoms with E-state index in [0.717, 1.165) is 31.7 Å². The van der Waals surface area contributed by atoms with Gasteiger partial charge in [-0.15, -0.1) is 0 Å². The van der Waals surface area contributed by atoms with Gasteiger partial charge in [0, 0.05) is 38.3 Å². The molecule has 2 heterocycles. The molecule has 2 aliphatic rings. The number of hydrogen-bond acceptors (Lipinski definition) is 4. The number of benzene rings is 3. The largest absolute Gasteiger partial charge is 0.368 e. The minimum atomic E-state index is -0.448. The number of carbonyl (C=O) groups excluding carboxylic acids is 1. The van der Waals surface area contributed by atoms with Gasteiger partial charge in [0.05, 0.1) is 10.7 Å². The third kappa shape index (κ3) is 4.08.